The van der Waals surface area contributed by atoms with E-state index in [1.807, 2.05) is 13.8 Å². The number of aliphatic imine (C=N–C) groups is 1. The Kier molecular flexibility index (Phi) is 9.31. The van der Waals surface area contributed by atoms with E-state index in [9.17, 15) is 0 Å². The number of hydrogen-bond acceptors (Lipinski definition) is 5. The Balaban J connectivity index is 2.34. The second kappa shape index (κ2) is 11.0. The Morgan fingerprint density at radius 3 is 2.70 bits per heavy atom. The average Bonchev–Trinajstić information content (AvgIpc) is 2.85. The first-order valence-corrected chi connectivity index (χ1v) is 8.19. The minimum Gasteiger partial charge on any atom is -0.444 e. The molecule has 0 fully saturated rings. The SMILES string of the molecule is CCNC(=NCc1nc(C)c(C)o1)NCCCN(C)CCOC. The van der Waals surface area contributed by atoms with Gasteiger partial charge in [0.15, 0.2) is 5.96 Å². The van der Waals surface area contributed by atoms with Crippen LogP contribution in [0, 0.1) is 13.8 Å². The Morgan fingerprint density at radius 1 is 1.30 bits per heavy atom. The second-order valence-electron chi connectivity index (χ2n) is 5.52. The summed E-state index contributed by atoms with van der Waals surface area (Å²) in [6.07, 6.45) is 1.04. The molecule has 0 radical (unpaired) electrons. The first-order valence-electron chi connectivity index (χ1n) is 8.19. The molecule has 0 atom stereocenters. The summed E-state index contributed by atoms with van der Waals surface area (Å²) < 4.78 is 10.6. The van der Waals surface area contributed by atoms with E-state index in [4.69, 9.17) is 9.15 Å². The van der Waals surface area contributed by atoms with Crippen LogP contribution in [0.2, 0.25) is 0 Å². The van der Waals surface area contributed by atoms with Crippen LogP contribution in [0.25, 0.3) is 0 Å². The summed E-state index contributed by atoms with van der Waals surface area (Å²) in [7, 11) is 3.83. The predicted molar refractivity (Wildman–Crippen MR) is 92.8 cm³/mol. The minimum atomic E-state index is 0.442. The van der Waals surface area contributed by atoms with Crippen LogP contribution in [-0.4, -0.2) is 62.8 Å². The van der Waals surface area contributed by atoms with E-state index in [1.54, 1.807) is 7.11 Å². The van der Waals surface area contributed by atoms with Crippen molar-refractivity contribution < 1.29 is 9.15 Å². The van der Waals surface area contributed by atoms with Crippen molar-refractivity contribution in [2.45, 2.75) is 33.7 Å². The molecule has 7 heteroatoms. The molecule has 0 aliphatic rings. The Labute approximate surface area is 139 Å². The lowest BCUT2D eigenvalue weighted by Gasteiger charge is -2.16. The maximum absolute atomic E-state index is 5.55. The van der Waals surface area contributed by atoms with Gasteiger partial charge in [0.25, 0.3) is 0 Å². The highest BCUT2D eigenvalue weighted by Gasteiger charge is 2.05. The maximum Gasteiger partial charge on any atom is 0.216 e. The molecular formula is C16H31N5O2. The fraction of sp³-hybridized carbons (Fsp3) is 0.750. The third-order valence-corrected chi connectivity index (χ3v) is 3.48. The lowest BCUT2D eigenvalue weighted by molar-refractivity contribution is 0.161. The minimum absolute atomic E-state index is 0.442. The zero-order chi connectivity index (χ0) is 17.1. The summed E-state index contributed by atoms with van der Waals surface area (Å²) in [4.78, 5) is 11.1. The third kappa shape index (κ3) is 7.99. The zero-order valence-corrected chi connectivity index (χ0v) is 15.1. The van der Waals surface area contributed by atoms with Crippen LogP contribution in [0.5, 0.6) is 0 Å². The van der Waals surface area contributed by atoms with Gasteiger partial charge in [-0.05, 0) is 40.8 Å². The molecule has 2 N–H and O–H groups in total. The second-order valence-corrected chi connectivity index (χ2v) is 5.52. The van der Waals surface area contributed by atoms with Gasteiger partial charge in [0.05, 0.1) is 12.3 Å². The number of ether oxygens (including phenoxy) is 1. The van der Waals surface area contributed by atoms with E-state index < -0.39 is 0 Å². The van der Waals surface area contributed by atoms with Gasteiger partial charge in [0.1, 0.15) is 12.3 Å². The maximum atomic E-state index is 5.55. The van der Waals surface area contributed by atoms with E-state index in [-0.39, 0.29) is 0 Å². The summed E-state index contributed by atoms with van der Waals surface area (Å²) >= 11 is 0. The van der Waals surface area contributed by atoms with Gasteiger partial charge in [-0.25, -0.2) is 9.98 Å². The molecule has 23 heavy (non-hydrogen) atoms. The molecule has 0 aromatic carbocycles. The van der Waals surface area contributed by atoms with Gasteiger partial charge in [-0.15, -0.1) is 0 Å². The highest BCUT2D eigenvalue weighted by molar-refractivity contribution is 5.79. The summed E-state index contributed by atoms with van der Waals surface area (Å²) in [5.41, 5.74) is 0.923. The number of methoxy groups -OCH3 is 1. The predicted octanol–water partition coefficient (Wildman–Crippen LogP) is 1.31. The molecule has 0 aliphatic heterocycles. The standard InChI is InChI=1S/C16H31N5O2/c1-6-17-16(18-8-7-9-21(4)10-11-22-5)19-12-15-20-13(2)14(3)23-15/h6-12H2,1-5H3,(H2,17,18,19). The molecule has 7 nitrogen and oxygen atoms in total. The molecule has 132 valence electrons. The van der Waals surface area contributed by atoms with Crippen LogP contribution in [0.3, 0.4) is 0 Å². The van der Waals surface area contributed by atoms with Crippen molar-refractivity contribution in [3.8, 4) is 0 Å². The molecule has 0 aliphatic carbocycles. The van der Waals surface area contributed by atoms with Crippen molar-refractivity contribution in [3.63, 3.8) is 0 Å². The summed E-state index contributed by atoms with van der Waals surface area (Å²) in [6.45, 7) is 10.8. The van der Waals surface area contributed by atoms with Crippen LogP contribution in [0.1, 0.15) is 30.7 Å². The molecule has 0 bridgehead atoms. The summed E-state index contributed by atoms with van der Waals surface area (Å²) in [5.74, 6) is 2.30. The van der Waals surface area contributed by atoms with Crippen molar-refractivity contribution in [2.24, 2.45) is 4.99 Å². The quantitative estimate of drug-likeness (QED) is 0.384. The molecule has 1 rings (SSSR count). The van der Waals surface area contributed by atoms with Crippen LogP contribution < -0.4 is 10.6 Å². The molecule has 0 unspecified atom stereocenters. The number of aromatic nitrogens is 1. The van der Waals surface area contributed by atoms with Gasteiger partial charge < -0.3 is 24.7 Å². The van der Waals surface area contributed by atoms with Gasteiger partial charge in [-0.3, -0.25) is 0 Å². The van der Waals surface area contributed by atoms with Crippen LogP contribution in [0.15, 0.2) is 9.41 Å². The molecule has 0 amide bonds. The fourth-order valence-electron chi connectivity index (χ4n) is 2.01. The first kappa shape index (κ1) is 19.4. The lowest BCUT2D eigenvalue weighted by Crippen LogP contribution is -2.38. The largest absolute Gasteiger partial charge is 0.444 e. The van der Waals surface area contributed by atoms with Gasteiger partial charge in [0.2, 0.25) is 5.89 Å². The van der Waals surface area contributed by atoms with Crippen LogP contribution in [0.4, 0.5) is 0 Å². The number of aryl methyl sites for hydroxylation is 2. The fourth-order valence-corrected chi connectivity index (χ4v) is 2.01. The van der Waals surface area contributed by atoms with Gasteiger partial charge >= 0.3 is 0 Å². The highest BCUT2D eigenvalue weighted by atomic mass is 16.5. The van der Waals surface area contributed by atoms with E-state index >= 15 is 0 Å². The normalized spacial score (nSPS) is 12.0. The van der Waals surface area contributed by atoms with E-state index in [1.165, 1.54) is 0 Å². The number of rotatable bonds is 10. The Morgan fingerprint density at radius 2 is 2.09 bits per heavy atom. The zero-order valence-electron chi connectivity index (χ0n) is 15.1. The Hall–Kier alpha value is -1.60. The first-order chi connectivity index (χ1) is 11.1. The molecule has 0 spiro atoms. The summed E-state index contributed by atoms with van der Waals surface area (Å²) in [5, 5.41) is 6.57. The topological polar surface area (TPSA) is 74.9 Å². The lowest BCUT2D eigenvalue weighted by atomic mass is 10.4. The number of oxazole rings is 1. The molecule has 0 saturated carbocycles. The molecule has 1 aromatic rings. The molecule has 1 heterocycles. The van der Waals surface area contributed by atoms with Crippen molar-refractivity contribution in [1.29, 1.82) is 0 Å². The summed E-state index contributed by atoms with van der Waals surface area (Å²) in [6, 6.07) is 0. The number of likely N-dealkylation sites (N-methyl/N-ethyl adjacent to an activating group) is 1. The van der Waals surface area contributed by atoms with Gasteiger partial charge in [0, 0.05) is 26.7 Å². The third-order valence-electron chi connectivity index (χ3n) is 3.48. The van der Waals surface area contributed by atoms with Crippen LogP contribution >= 0.6 is 0 Å². The van der Waals surface area contributed by atoms with Crippen LogP contribution in [-0.2, 0) is 11.3 Å². The van der Waals surface area contributed by atoms with Crippen molar-refractivity contribution in [3.05, 3.63) is 17.3 Å². The number of nitrogens with zero attached hydrogens (tertiary/aromatic N) is 3. The van der Waals surface area contributed by atoms with E-state index in [0.717, 1.165) is 56.6 Å². The van der Waals surface area contributed by atoms with Crippen molar-refractivity contribution in [1.82, 2.24) is 20.5 Å². The number of guanidine groups is 1. The number of nitrogens with one attached hydrogen (secondary N) is 2. The monoisotopic (exact) mass is 325 g/mol. The van der Waals surface area contributed by atoms with Gasteiger partial charge in [-0.1, -0.05) is 0 Å². The van der Waals surface area contributed by atoms with E-state index in [2.05, 4.69) is 39.5 Å². The molecule has 1 aromatic heterocycles. The Bertz CT molecular complexity index is 454. The number of hydrogen-bond donors (Lipinski definition) is 2. The molecule has 0 saturated heterocycles. The van der Waals surface area contributed by atoms with Crippen molar-refractivity contribution in [2.75, 3.05) is 46.9 Å². The van der Waals surface area contributed by atoms with E-state index in [0.29, 0.717) is 12.4 Å². The molecular weight excluding hydrogens is 294 g/mol. The highest BCUT2D eigenvalue weighted by Crippen LogP contribution is 2.08. The average molecular weight is 325 g/mol. The smallest absolute Gasteiger partial charge is 0.216 e. The van der Waals surface area contributed by atoms with Gasteiger partial charge in [-0.2, -0.15) is 0 Å². The van der Waals surface area contributed by atoms with Crippen molar-refractivity contribution >= 4 is 5.96 Å².